The van der Waals surface area contributed by atoms with Gasteiger partial charge in [-0.15, -0.1) is 0 Å². The summed E-state index contributed by atoms with van der Waals surface area (Å²) in [5.74, 6) is 1.42. The first-order valence-electron chi connectivity index (χ1n) is 7.30. The molecule has 2 aliphatic rings. The largest absolute Gasteiger partial charge is 0.340 e. The maximum Gasteiger partial charge on any atom is 0.340 e. The van der Waals surface area contributed by atoms with Gasteiger partial charge in [0.1, 0.15) is 5.82 Å². The maximum absolute atomic E-state index is 11.1. The van der Waals surface area contributed by atoms with Crippen molar-refractivity contribution in [2.45, 2.75) is 38.8 Å². The average Bonchev–Trinajstić information content (AvgIpc) is 2.59. The number of nitrogens with one attached hydrogen (secondary N) is 2. The molecule has 3 rings (SSSR count). The van der Waals surface area contributed by atoms with Crippen LogP contribution in [-0.2, 0) is 6.54 Å². The lowest BCUT2D eigenvalue weighted by Gasteiger charge is -2.37. The highest BCUT2D eigenvalue weighted by atomic mass is 16.1. The van der Waals surface area contributed by atoms with Gasteiger partial charge in [-0.1, -0.05) is 13.3 Å². The van der Waals surface area contributed by atoms with Crippen LogP contribution < -0.4 is 5.69 Å². The van der Waals surface area contributed by atoms with Gasteiger partial charge in [-0.3, -0.25) is 14.8 Å². The highest BCUT2D eigenvalue weighted by Crippen LogP contribution is 2.26. The molecule has 0 bridgehead atoms. The Morgan fingerprint density at radius 2 is 2.16 bits per heavy atom. The Hall–Kier alpha value is -1.14. The fourth-order valence-corrected chi connectivity index (χ4v) is 3.17. The van der Waals surface area contributed by atoms with Crippen molar-refractivity contribution in [3.63, 3.8) is 0 Å². The van der Waals surface area contributed by atoms with Crippen molar-refractivity contribution in [2.75, 3.05) is 26.2 Å². The van der Waals surface area contributed by atoms with E-state index in [9.17, 15) is 4.79 Å². The molecule has 1 aromatic rings. The van der Waals surface area contributed by atoms with Crippen molar-refractivity contribution in [2.24, 2.45) is 5.92 Å². The molecule has 1 aliphatic carbocycles. The van der Waals surface area contributed by atoms with Crippen LogP contribution in [0.15, 0.2) is 4.79 Å². The summed E-state index contributed by atoms with van der Waals surface area (Å²) in [5.41, 5.74) is -0.214. The van der Waals surface area contributed by atoms with Crippen molar-refractivity contribution in [3.05, 3.63) is 16.3 Å². The molecule has 0 amide bonds. The van der Waals surface area contributed by atoms with E-state index in [0.717, 1.165) is 38.0 Å². The van der Waals surface area contributed by atoms with Crippen LogP contribution >= 0.6 is 0 Å². The molecular formula is C13H23N5O. The maximum atomic E-state index is 11.1. The molecule has 1 atom stereocenters. The third-order valence-corrected chi connectivity index (χ3v) is 4.33. The fraction of sp³-hybridized carbons (Fsp3) is 0.846. The van der Waals surface area contributed by atoms with Crippen molar-refractivity contribution >= 4 is 0 Å². The van der Waals surface area contributed by atoms with Crippen LogP contribution in [0.25, 0.3) is 0 Å². The van der Waals surface area contributed by atoms with Crippen molar-refractivity contribution in [3.8, 4) is 0 Å². The predicted octanol–water partition coefficient (Wildman–Crippen LogP) is 0.404. The van der Waals surface area contributed by atoms with Gasteiger partial charge in [0, 0.05) is 32.2 Å². The highest BCUT2D eigenvalue weighted by Gasteiger charge is 2.29. The molecule has 2 N–H and O–H groups in total. The third kappa shape index (κ3) is 3.06. The Balaban J connectivity index is 1.59. The summed E-state index contributed by atoms with van der Waals surface area (Å²) in [4.78, 5) is 18.8. The number of rotatable bonds is 3. The molecule has 1 aliphatic heterocycles. The lowest BCUT2D eigenvalue weighted by molar-refractivity contribution is 0.122. The minimum atomic E-state index is -0.214. The van der Waals surface area contributed by atoms with Gasteiger partial charge in [-0.25, -0.2) is 9.89 Å². The van der Waals surface area contributed by atoms with E-state index < -0.39 is 0 Å². The molecule has 2 fully saturated rings. The topological polar surface area (TPSA) is 68.0 Å². The third-order valence-electron chi connectivity index (χ3n) is 4.33. The Morgan fingerprint density at radius 1 is 1.32 bits per heavy atom. The molecule has 106 valence electrons. The summed E-state index contributed by atoms with van der Waals surface area (Å²) < 4.78 is 0. The summed E-state index contributed by atoms with van der Waals surface area (Å²) in [7, 11) is 0. The van der Waals surface area contributed by atoms with Gasteiger partial charge >= 0.3 is 5.69 Å². The summed E-state index contributed by atoms with van der Waals surface area (Å²) in [5, 5.41) is 6.43. The zero-order chi connectivity index (χ0) is 13.2. The van der Waals surface area contributed by atoms with E-state index in [4.69, 9.17) is 0 Å². The Labute approximate surface area is 113 Å². The molecule has 0 unspecified atom stereocenters. The van der Waals surface area contributed by atoms with Crippen molar-refractivity contribution in [1.82, 2.24) is 25.0 Å². The number of aromatic amines is 2. The minimum Gasteiger partial charge on any atom is -0.299 e. The summed E-state index contributed by atoms with van der Waals surface area (Å²) in [6, 6.07) is 0.826. The van der Waals surface area contributed by atoms with Crippen molar-refractivity contribution in [1.29, 1.82) is 0 Å². The molecule has 19 heavy (non-hydrogen) atoms. The minimum absolute atomic E-state index is 0.214. The molecule has 6 heteroatoms. The van der Waals surface area contributed by atoms with Gasteiger partial charge in [0.2, 0.25) is 0 Å². The number of H-pyrrole nitrogens is 2. The summed E-state index contributed by atoms with van der Waals surface area (Å²) in [6.45, 7) is 7.55. The van der Waals surface area contributed by atoms with E-state index in [1.165, 1.54) is 25.8 Å². The number of nitrogens with zero attached hydrogens (tertiary/aromatic N) is 3. The van der Waals surface area contributed by atoms with Crippen LogP contribution in [0.2, 0.25) is 0 Å². The molecule has 1 saturated heterocycles. The SMILES string of the molecule is C[C@H]1CN(Cc2n[nH]c(=O)[nH]2)CCN(C2CCC2)C1. The zero-order valence-corrected chi connectivity index (χ0v) is 11.6. The Kier molecular flexibility index (Phi) is 3.70. The van der Waals surface area contributed by atoms with E-state index in [1.54, 1.807) is 0 Å². The lowest BCUT2D eigenvalue weighted by Crippen LogP contribution is -2.43. The molecule has 0 aromatic carbocycles. The van der Waals surface area contributed by atoms with Crippen LogP contribution in [0.3, 0.4) is 0 Å². The zero-order valence-electron chi connectivity index (χ0n) is 11.6. The second kappa shape index (κ2) is 5.46. The first kappa shape index (κ1) is 12.9. The molecule has 1 aromatic heterocycles. The highest BCUT2D eigenvalue weighted by molar-refractivity contribution is 4.87. The monoisotopic (exact) mass is 265 g/mol. The summed E-state index contributed by atoms with van der Waals surface area (Å²) in [6.07, 6.45) is 4.15. The fourth-order valence-electron chi connectivity index (χ4n) is 3.17. The van der Waals surface area contributed by atoms with Gasteiger partial charge in [-0.05, 0) is 18.8 Å². The van der Waals surface area contributed by atoms with Gasteiger partial charge in [-0.2, -0.15) is 5.10 Å². The number of hydrogen-bond acceptors (Lipinski definition) is 4. The second-order valence-corrected chi connectivity index (χ2v) is 6.04. The molecular weight excluding hydrogens is 242 g/mol. The number of hydrogen-bond donors (Lipinski definition) is 2. The van der Waals surface area contributed by atoms with Crippen LogP contribution in [0.4, 0.5) is 0 Å². The van der Waals surface area contributed by atoms with Gasteiger partial charge in [0.05, 0.1) is 6.54 Å². The van der Waals surface area contributed by atoms with Gasteiger partial charge < -0.3 is 0 Å². The van der Waals surface area contributed by atoms with Crippen LogP contribution in [0, 0.1) is 5.92 Å². The van der Waals surface area contributed by atoms with E-state index >= 15 is 0 Å². The van der Waals surface area contributed by atoms with Crippen LogP contribution in [-0.4, -0.2) is 57.2 Å². The van der Waals surface area contributed by atoms with E-state index in [-0.39, 0.29) is 5.69 Å². The van der Waals surface area contributed by atoms with E-state index in [2.05, 4.69) is 31.9 Å². The molecule has 6 nitrogen and oxygen atoms in total. The average molecular weight is 265 g/mol. The van der Waals surface area contributed by atoms with Gasteiger partial charge in [0.25, 0.3) is 0 Å². The molecule has 2 heterocycles. The van der Waals surface area contributed by atoms with E-state index in [1.807, 2.05) is 0 Å². The van der Waals surface area contributed by atoms with Crippen LogP contribution in [0.1, 0.15) is 32.0 Å². The Bertz CT molecular complexity index is 464. The predicted molar refractivity (Wildman–Crippen MR) is 72.9 cm³/mol. The van der Waals surface area contributed by atoms with E-state index in [0.29, 0.717) is 5.92 Å². The molecule has 0 radical (unpaired) electrons. The summed E-state index contributed by atoms with van der Waals surface area (Å²) >= 11 is 0. The second-order valence-electron chi connectivity index (χ2n) is 6.04. The lowest BCUT2D eigenvalue weighted by atomic mass is 9.91. The number of aromatic nitrogens is 3. The normalized spacial score (nSPS) is 27.1. The molecule has 1 saturated carbocycles. The first-order valence-corrected chi connectivity index (χ1v) is 7.30. The van der Waals surface area contributed by atoms with Crippen molar-refractivity contribution < 1.29 is 0 Å². The smallest absolute Gasteiger partial charge is 0.299 e. The first-order chi connectivity index (χ1) is 9.20. The standard InChI is InChI=1S/C13H23N5O/c1-10-7-17(9-12-14-13(19)16-15-12)5-6-18(8-10)11-3-2-4-11/h10-11H,2-9H2,1H3,(H2,14,15,16,19)/t10-/m0/s1. The Morgan fingerprint density at radius 3 is 2.79 bits per heavy atom. The quantitative estimate of drug-likeness (QED) is 0.830. The molecule has 0 spiro atoms. The van der Waals surface area contributed by atoms with Crippen LogP contribution in [0.5, 0.6) is 0 Å². The van der Waals surface area contributed by atoms with Gasteiger partial charge in [0.15, 0.2) is 0 Å².